The highest BCUT2D eigenvalue weighted by Crippen LogP contribution is 2.17. The number of likely N-dealkylation sites (tertiary alicyclic amines) is 1. The van der Waals surface area contributed by atoms with Gasteiger partial charge in [-0.15, -0.1) is 0 Å². The summed E-state index contributed by atoms with van der Waals surface area (Å²) in [6, 6.07) is 5.71. The molecule has 108 valence electrons. The second-order valence-corrected chi connectivity index (χ2v) is 5.49. The number of Topliss-reactive ketones (excluding diaryl/α,β-unsaturated/α-hetero) is 1. The molecule has 0 bridgehead atoms. The SMILES string of the molecule is CN1CCC(C(=O)Cc2ncc(-c3ccccn3)cn2)C1. The van der Waals surface area contributed by atoms with Gasteiger partial charge in [0, 0.05) is 36.6 Å². The summed E-state index contributed by atoms with van der Waals surface area (Å²) in [5, 5.41) is 0. The van der Waals surface area contributed by atoms with Gasteiger partial charge in [0.25, 0.3) is 0 Å². The lowest BCUT2D eigenvalue weighted by Crippen LogP contribution is -2.21. The molecule has 0 aliphatic carbocycles. The Balaban J connectivity index is 1.66. The van der Waals surface area contributed by atoms with E-state index in [1.807, 2.05) is 25.2 Å². The Morgan fingerprint density at radius 1 is 1.29 bits per heavy atom. The number of hydrogen-bond acceptors (Lipinski definition) is 5. The lowest BCUT2D eigenvalue weighted by Gasteiger charge is -2.09. The fourth-order valence-electron chi connectivity index (χ4n) is 2.61. The second-order valence-electron chi connectivity index (χ2n) is 5.49. The summed E-state index contributed by atoms with van der Waals surface area (Å²) in [5.74, 6) is 0.966. The molecule has 0 N–H and O–H groups in total. The van der Waals surface area contributed by atoms with Gasteiger partial charge in [0.1, 0.15) is 11.6 Å². The van der Waals surface area contributed by atoms with E-state index in [0.29, 0.717) is 12.2 Å². The summed E-state index contributed by atoms with van der Waals surface area (Å²) in [4.78, 5) is 27.2. The van der Waals surface area contributed by atoms with Gasteiger partial charge < -0.3 is 4.90 Å². The van der Waals surface area contributed by atoms with Crippen LogP contribution in [-0.4, -0.2) is 45.8 Å². The Morgan fingerprint density at radius 3 is 2.71 bits per heavy atom. The molecule has 2 aromatic rings. The molecule has 3 rings (SSSR count). The van der Waals surface area contributed by atoms with Crippen LogP contribution in [0.15, 0.2) is 36.8 Å². The predicted molar refractivity (Wildman–Crippen MR) is 79.6 cm³/mol. The van der Waals surface area contributed by atoms with E-state index in [2.05, 4.69) is 19.9 Å². The second kappa shape index (κ2) is 6.10. The Morgan fingerprint density at radius 2 is 2.10 bits per heavy atom. The molecule has 1 saturated heterocycles. The zero-order valence-corrected chi connectivity index (χ0v) is 12.1. The Kier molecular flexibility index (Phi) is 4.01. The predicted octanol–water partition coefficient (Wildman–Crippen LogP) is 1.60. The highest BCUT2D eigenvalue weighted by Gasteiger charge is 2.26. The van der Waals surface area contributed by atoms with Crippen molar-refractivity contribution in [2.45, 2.75) is 12.8 Å². The fourth-order valence-corrected chi connectivity index (χ4v) is 2.61. The van der Waals surface area contributed by atoms with Crippen molar-refractivity contribution in [2.24, 2.45) is 5.92 Å². The van der Waals surface area contributed by atoms with Crippen molar-refractivity contribution in [3.8, 4) is 11.3 Å². The summed E-state index contributed by atoms with van der Waals surface area (Å²) in [5.41, 5.74) is 1.71. The van der Waals surface area contributed by atoms with Crippen LogP contribution in [0.5, 0.6) is 0 Å². The molecule has 21 heavy (non-hydrogen) atoms. The molecule has 5 nitrogen and oxygen atoms in total. The van der Waals surface area contributed by atoms with Gasteiger partial charge in [-0.1, -0.05) is 6.07 Å². The summed E-state index contributed by atoms with van der Waals surface area (Å²) in [6.45, 7) is 1.85. The van der Waals surface area contributed by atoms with Crippen LogP contribution in [0.3, 0.4) is 0 Å². The van der Waals surface area contributed by atoms with Crippen LogP contribution >= 0.6 is 0 Å². The highest BCUT2D eigenvalue weighted by atomic mass is 16.1. The molecule has 5 heteroatoms. The standard InChI is InChI=1S/C16H18N4O/c1-20-7-5-12(11-20)15(21)8-16-18-9-13(10-19-16)14-4-2-3-6-17-14/h2-4,6,9-10,12H,5,7-8,11H2,1H3. The number of hydrogen-bond donors (Lipinski definition) is 0. The van der Waals surface area contributed by atoms with E-state index in [1.54, 1.807) is 18.6 Å². The third-order valence-corrected chi connectivity index (χ3v) is 3.85. The van der Waals surface area contributed by atoms with Crippen molar-refractivity contribution in [1.82, 2.24) is 19.9 Å². The van der Waals surface area contributed by atoms with Gasteiger partial charge in [-0.2, -0.15) is 0 Å². The van der Waals surface area contributed by atoms with Crippen molar-refractivity contribution in [2.75, 3.05) is 20.1 Å². The molecule has 0 spiro atoms. The average Bonchev–Trinajstić information content (AvgIpc) is 2.96. The molecule has 3 heterocycles. The average molecular weight is 282 g/mol. The van der Waals surface area contributed by atoms with Crippen molar-refractivity contribution in [3.05, 3.63) is 42.6 Å². The maximum Gasteiger partial charge on any atom is 0.144 e. The summed E-state index contributed by atoms with van der Waals surface area (Å²) in [6.07, 6.45) is 6.48. The summed E-state index contributed by atoms with van der Waals surface area (Å²) >= 11 is 0. The van der Waals surface area contributed by atoms with Crippen LogP contribution in [-0.2, 0) is 11.2 Å². The number of ketones is 1. The molecular weight excluding hydrogens is 264 g/mol. The molecule has 0 radical (unpaired) electrons. The number of carbonyl (C=O) groups is 1. The first-order valence-corrected chi connectivity index (χ1v) is 7.16. The molecule has 1 unspecified atom stereocenters. The Hall–Kier alpha value is -2.14. The number of rotatable bonds is 4. The van der Waals surface area contributed by atoms with Crippen molar-refractivity contribution in [1.29, 1.82) is 0 Å². The van der Waals surface area contributed by atoms with E-state index in [1.165, 1.54) is 0 Å². The maximum absolute atomic E-state index is 12.2. The monoisotopic (exact) mass is 282 g/mol. The molecule has 0 saturated carbocycles. The summed E-state index contributed by atoms with van der Waals surface area (Å²) in [7, 11) is 2.05. The van der Waals surface area contributed by atoms with Gasteiger partial charge in [0.2, 0.25) is 0 Å². The first-order chi connectivity index (χ1) is 10.2. The first-order valence-electron chi connectivity index (χ1n) is 7.16. The van der Waals surface area contributed by atoms with E-state index in [9.17, 15) is 4.79 Å². The van der Waals surface area contributed by atoms with Crippen LogP contribution in [0.2, 0.25) is 0 Å². The molecule has 1 aliphatic heterocycles. The largest absolute Gasteiger partial charge is 0.306 e. The van der Waals surface area contributed by atoms with E-state index < -0.39 is 0 Å². The summed E-state index contributed by atoms with van der Waals surface area (Å²) < 4.78 is 0. The Labute approximate surface area is 124 Å². The van der Waals surface area contributed by atoms with Gasteiger partial charge in [-0.05, 0) is 32.1 Å². The molecule has 1 atom stereocenters. The minimum Gasteiger partial charge on any atom is -0.306 e. The normalized spacial score (nSPS) is 18.8. The van der Waals surface area contributed by atoms with E-state index >= 15 is 0 Å². The van der Waals surface area contributed by atoms with Gasteiger partial charge in [0.05, 0.1) is 12.1 Å². The van der Waals surface area contributed by atoms with Crippen molar-refractivity contribution in [3.63, 3.8) is 0 Å². The van der Waals surface area contributed by atoms with E-state index in [0.717, 1.165) is 30.8 Å². The minimum absolute atomic E-state index is 0.133. The zero-order chi connectivity index (χ0) is 14.7. The van der Waals surface area contributed by atoms with Gasteiger partial charge >= 0.3 is 0 Å². The fraction of sp³-hybridized carbons (Fsp3) is 0.375. The van der Waals surface area contributed by atoms with Crippen LogP contribution in [0.4, 0.5) is 0 Å². The zero-order valence-electron chi connectivity index (χ0n) is 12.1. The minimum atomic E-state index is 0.133. The first kappa shape index (κ1) is 13.8. The lowest BCUT2D eigenvalue weighted by atomic mass is 10.0. The number of nitrogens with zero attached hydrogens (tertiary/aromatic N) is 4. The van der Waals surface area contributed by atoms with Gasteiger partial charge in [-0.25, -0.2) is 9.97 Å². The molecular formula is C16H18N4O. The van der Waals surface area contributed by atoms with Gasteiger partial charge in [0.15, 0.2) is 0 Å². The molecule has 0 amide bonds. The number of aromatic nitrogens is 3. The smallest absolute Gasteiger partial charge is 0.144 e. The van der Waals surface area contributed by atoms with E-state index in [-0.39, 0.29) is 11.7 Å². The van der Waals surface area contributed by atoms with Crippen molar-refractivity contribution < 1.29 is 4.79 Å². The van der Waals surface area contributed by atoms with Crippen LogP contribution in [0, 0.1) is 5.92 Å². The number of pyridine rings is 1. The third-order valence-electron chi connectivity index (χ3n) is 3.85. The van der Waals surface area contributed by atoms with Crippen LogP contribution in [0.25, 0.3) is 11.3 Å². The molecule has 1 aliphatic rings. The van der Waals surface area contributed by atoms with Crippen LogP contribution in [0.1, 0.15) is 12.2 Å². The molecule has 2 aromatic heterocycles. The Bertz CT molecular complexity index is 612. The lowest BCUT2D eigenvalue weighted by molar-refractivity contribution is -0.121. The third kappa shape index (κ3) is 3.31. The van der Waals surface area contributed by atoms with Crippen LogP contribution < -0.4 is 0 Å². The van der Waals surface area contributed by atoms with Gasteiger partial charge in [-0.3, -0.25) is 9.78 Å². The van der Waals surface area contributed by atoms with E-state index in [4.69, 9.17) is 0 Å². The molecule has 1 fully saturated rings. The number of carbonyl (C=O) groups excluding carboxylic acids is 1. The quantitative estimate of drug-likeness (QED) is 0.852. The van der Waals surface area contributed by atoms with Crippen molar-refractivity contribution >= 4 is 5.78 Å². The highest BCUT2D eigenvalue weighted by molar-refractivity contribution is 5.83. The molecule has 0 aromatic carbocycles. The maximum atomic E-state index is 12.2. The topological polar surface area (TPSA) is 59.0 Å².